The van der Waals surface area contributed by atoms with Gasteiger partial charge in [-0.1, -0.05) is 60.3 Å². The Balaban J connectivity index is 1.02. The summed E-state index contributed by atoms with van der Waals surface area (Å²) in [6.07, 6.45) is 3.47. The number of amides is 4. The number of aromatic amines is 1. The van der Waals surface area contributed by atoms with Gasteiger partial charge >= 0.3 is 6.09 Å². The molecule has 7 rings (SSSR count). The van der Waals surface area contributed by atoms with E-state index in [4.69, 9.17) is 4.74 Å². The summed E-state index contributed by atoms with van der Waals surface area (Å²) >= 11 is 2.36. The summed E-state index contributed by atoms with van der Waals surface area (Å²) in [5, 5.41) is 18.6. The van der Waals surface area contributed by atoms with Gasteiger partial charge in [0.05, 0.1) is 49.4 Å². The van der Waals surface area contributed by atoms with Gasteiger partial charge in [-0.2, -0.15) is 5.10 Å². The van der Waals surface area contributed by atoms with Crippen LogP contribution in [0.5, 0.6) is 0 Å². The second-order valence-corrected chi connectivity index (χ2v) is 13.8. The molecule has 0 saturated carbocycles. The molecule has 0 radical (unpaired) electrons. The number of H-pyrrole nitrogens is 1. The highest BCUT2D eigenvalue weighted by atomic mass is 32.2. The number of hydrogen-bond donors (Lipinski definition) is 3. The predicted octanol–water partition coefficient (Wildman–Crippen LogP) is 5.87. The molecule has 1 aliphatic heterocycles. The van der Waals surface area contributed by atoms with E-state index in [0.29, 0.717) is 47.5 Å². The number of fused-ring (bicyclic) bond motifs is 2. The molecule has 0 unspecified atom stereocenters. The molecule has 0 bridgehead atoms. The van der Waals surface area contributed by atoms with E-state index in [1.54, 1.807) is 66.7 Å². The Morgan fingerprint density at radius 1 is 1.02 bits per heavy atom. The molecule has 264 valence electrons. The number of rotatable bonds is 12. The second-order valence-electron chi connectivity index (χ2n) is 11.5. The number of aromatic nitrogens is 3. The van der Waals surface area contributed by atoms with E-state index in [2.05, 4.69) is 30.8 Å². The number of thiazole rings is 1. The third kappa shape index (κ3) is 7.80. The van der Waals surface area contributed by atoms with Crippen molar-refractivity contribution in [3.05, 3.63) is 142 Å². The van der Waals surface area contributed by atoms with E-state index in [0.717, 1.165) is 22.2 Å². The Hall–Kier alpha value is -6.72. The number of nitro benzene ring substituents is 1. The van der Waals surface area contributed by atoms with E-state index in [-0.39, 0.29) is 18.7 Å². The lowest BCUT2D eigenvalue weighted by atomic mass is 10.1. The quantitative estimate of drug-likeness (QED) is 0.0589. The molecule has 1 aliphatic rings. The van der Waals surface area contributed by atoms with Crippen molar-refractivity contribution in [1.29, 1.82) is 0 Å². The number of carbonyl (C=O) groups excluding carboxylic acids is 4. The molecule has 17 heteroatoms. The lowest BCUT2D eigenvalue weighted by Crippen LogP contribution is -2.47. The van der Waals surface area contributed by atoms with Gasteiger partial charge in [0.1, 0.15) is 12.6 Å². The van der Waals surface area contributed by atoms with Gasteiger partial charge in [0, 0.05) is 29.9 Å². The number of benzene rings is 4. The van der Waals surface area contributed by atoms with Gasteiger partial charge in [-0.25, -0.2) is 25.1 Å². The molecule has 0 fully saturated rings. The molecule has 0 saturated heterocycles. The van der Waals surface area contributed by atoms with Crippen molar-refractivity contribution < 1.29 is 28.8 Å². The fourth-order valence-electron chi connectivity index (χ4n) is 5.42. The van der Waals surface area contributed by atoms with E-state index in [1.807, 2.05) is 18.2 Å². The van der Waals surface area contributed by atoms with Crippen LogP contribution in [0.25, 0.3) is 10.2 Å². The lowest BCUT2D eigenvalue weighted by molar-refractivity contribution is -0.387. The summed E-state index contributed by atoms with van der Waals surface area (Å²) in [6, 6.07) is 24.1. The van der Waals surface area contributed by atoms with Crippen molar-refractivity contribution in [3.63, 3.8) is 0 Å². The predicted molar refractivity (Wildman–Crippen MR) is 196 cm³/mol. The molecule has 4 amide bonds. The fourth-order valence-corrected chi connectivity index (χ4v) is 7.56. The summed E-state index contributed by atoms with van der Waals surface area (Å²) in [5.74, 6) is -1.48. The van der Waals surface area contributed by atoms with Crippen LogP contribution in [0.15, 0.2) is 118 Å². The second kappa shape index (κ2) is 15.3. The normalized spacial score (nSPS) is 12.9. The molecule has 1 atom stereocenters. The van der Waals surface area contributed by atoms with Gasteiger partial charge in [-0.05, 0) is 42.0 Å². The zero-order valence-corrected chi connectivity index (χ0v) is 28.9. The Morgan fingerprint density at radius 2 is 1.77 bits per heavy atom. The number of alkyl carbamates (subject to hydrolysis) is 1. The zero-order valence-electron chi connectivity index (χ0n) is 27.3. The van der Waals surface area contributed by atoms with Crippen molar-refractivity contribution in [2.75, 3.05) is 4.90 Å². The maximum Gasteiger partial charge on any atom is 0.408 e. The number of hydrazone groups is 1. The van der Waals surface area contributed by atoms with E-state index >= 15 is 0 Å². The lowest BCUT2D eigenvalue weighted by Gasteiger charge is -2.16. The maximum absolute atomic E-state index is 13.1. The number of nitro groups is 1. The summed E-state index contributed by atoms with van der Waals surface area (Å²) in [4.78, 5) is 76.0. The zero-order chi connectivity index (χ0) is 36.9. The Bertz CT molecular complexity index is 2360. The van der Waals surface area contributed by atoms with Crippen molar-refractivity contribution in [2.24, 2.45) is 5.10 Å². The van der Waals surface area contributed by atoms with Crippen LogP contribution in [-0.4, -0.2) is 55.9 Å². The number of hydrogen-bond acceptors (Lipinski definition) is 12. The first-order valence-corrected chi connectivity index (χ1v) is 17.5. The number of anilines is 1. The molecule has 3 heterocycles. The molecule has 6 aromatic rings. The van der Waals surface area contributed by atoms with Gasteiger partial charge in [-0.15, -0.1) is 11.3 Å². The van der Waals surface area contributed by atoms with Crippen molar-refractivity contribution in [3.8, 4) is 0 Å². The third-order valence-corrected chi connectivity index (χ3v) is 10.1. The van der Waals surface area contributed by atoms with Gasteiger partial charge in [0.15, 0.2) is 4.34 Å². The minimum absolute atomic E-state index is 0.00883. The Kier molecular flexibility index (Phi) is 9.99. The standard InChI is InChI=1S/C36H26N8O7S2/c45-32(28(15-23-18-37-20-38-23)40-35(48)51-19-21-6-2-1-3-7-21)42-39-17-22-10-13-30(29(14-22)44(49)50)52-36-41-27-12-11-24(16-31(27)53-36)43-33(46)25-8-4-5-9-26(25)34(43)47/h1-14,16-18,20,28H,15,19H2,(H,37,38)(H,40,48)(H,42,45)/b39-17-/t28-/m0/s1. The van der Waals surface area contributed by atoms with Gasteiger partial charge < -0.3 is 15.0 Å². The largest absolute Gasteiger partial charge is 0.445 e. The first-order chi connectivity index (χ1) is 25.7. The average molecular weight is 747 g/mol. The van der Waals surface area contributed by atoms with Crippen LogP contribution in [0.3, 0.4) is 0 Å². The van der Waals surface area contributed by atoms with E-state index in [1.165, 1.54) is 36.1 Å². The van der Waals surface area contributed by atoms with Crippen LogP contribution < -0.4 is 15.6 Å². The molecule has 3 N–H and O–H groups in total. The van der Waals surface area contributed by atoms with Crippen LogP contribution in [-0.2, 0) is 22.6 Å². The van der Waals surface area contributed by atoms with Crippen LogP contribution in [0.4, 0.5) is 16.2 Å². The van der Waals surface area contributed by atoms with Crippen LogP contribution >= 0.6 is 23.1 Å². The molecule has 4 aromatic carbocycles. The molecule has 2 aromatic heterocycles. The maximum atomic E-state index is 13.1. The van der Waals surface area contributed by atoms with Gasteiger partial charge in [-0.3, -0.25) is 24.5 Å². The number of imidazole rings is 1. The van der Waals surface area contributed by atoms with Gasteiger partial charge in [0.2, 0.25) is 0 Å². The van der Waals surface area contributed by atoms with Crippen LogP contribution in [0, 0.1) is 10.1 Å². The summed E-state index contributed by atoms with van der Waals surface area (Å²) in [7, 11) is 0. The first-order valence-electron chi connectivity index (χ1n) is 15.9. The fraction of sp³-hybridized carbons (Fsp3) is 0.0833. The topological polar surface area (TPSA) is 202 Å². The molecular weight excluding hydrogens is 721 g/mol. The SMILES string of the molecule is O=C(N[C@@H](Cc1cnc[nH]1)C(=O)N/N=C\c1ccc(Sc2nc3ccc(N4C(=O)c5ccccc5C4=O)cc3s2)c([N+](=O)[O-])c1)OCc1ccccc1. The number of imide groups is 1. The van der Waals surface area contributed by atoms with E-state index < -0.39 is 34.8 Å². The number of carbonyl (C=O) groups is 4. The Morgan fingerprint density at radius 3 is 2.49 bits per heavy atom. The first kappa shape index (κ1) is 34.7. The van der Waals surface area contributed by atoms with Crippen molar-refractivity contribution in [1.82, 2.24) is 25.7 Å². The molecule has 53 heavy (non-hydrogen) atoms. The number of nitrogens with zero attached hydrogens (tertiary/aromatic N) is 5. The summed E-state index contributed by atoms with van der Waals surface area (Å²) < 4.78 is 6.46. The average Bonchev–Trinajstić information content (AvgIpc) is 3.89. The highest BCUT2D eigenvalue weighted by Crippen LogP contribution is 2.40. The molecule has 15 nitrogen and oxygen atoms in total. The minimum atomic E-state index is -1.08. The van der Waals surface area contributed by atoms with E-state index in [9.17, 15) is 29.3 Å². The van der Waals surface area contributed by atoms with Crippen molar-refractivity contribution in [2.45, 2.75) is 28.3 Å². The summed E-state index contributed by atoms with van der Waals surface area (Å²) in [6.45, 7) is 0.00883. The smallest absolute Gasteiger partial charge is 0.408 e. The number of ether oxygens (including phenoxy) is 1. The van der Waals surface area contributed by atoms with Gasteiger partial charge in [0.25, 0.3) is 23.4 Å². The van der Waals surface area contributed by atoms with Crippen LogP contribution in [0.1, 0.15) is 37.5 Å². The summed E-state index contributed by atoms with van der Waals surface area (Å²) in [5.41, 5.74) is 5.52. The molecule has 0 aliphatic carbocycles. The van der Waals surface area contributed by atoms with Crippen molar-refractivity contribution >= 4 is 74.7 Å². The third-order valence-electron chi connectivity index (χ3n) is 7.97. The monoisotopic (exact) mass is 746 g/mol. The molecule has 0 spiro atoms. The Labute approximate surface area is 308 Å². The van der Waals surface area contributed by atoms with Crippen LogP contribution in [0.2, 0.25) is 0 Å². The highest BCUT2D eigenvalue weighted by Gasteiger charge is 2.36. The minimum Gasteiger partial charge on any atom is -0.445 e. The molecular formula is C36H26N8O7S2. The highest BCUT2D eigenvalue weighted by molar-refractivity contribution is 8.01. The number of nitrogens with one attached hydrogen (secondary N) is 3.